The molecule has 1 aromatic heterocycles. The molecule has 3 fully saturated rings. The first-order valence-corrected chi connectivity index (χ1v) is 48.1. The van der Waals surface area contributed by atoms with E-state index in [1.165, 1.54) is 24.1 Å². The van der Waals surface area contributed by atoms with Crippen LogP contribution in [0.25, 0.3) is 11.1 Å². The molecule has 5 heterocycles. The number of aromatic nitrogens is 1. The number of anilines is 1. The van der Waals surface area contributed by atoms with Gasteiger partial charge in [0.25, 0.3) is 23.5 Å². The van der Waals surface area contributed by atoms with Gasteiger partial charge in [-0.2, -0.15) is 0 Å². The van der Waals surface area contributed by atoms with E-state index < -0.39 is 106 Å². The van der Waals surface area contributed by atoms with Crippen LogP contribution in [-0.2, 0) is 107 Å². The normalized spacial score (nSPS) is 27.4. The van der Waals surface area contributed by atoms with Gasteiger partial charge in [0.2, 0.25) is 5.79 Å². The first-order valence-electron chi connectivity index (χ1n) is 46.4. The van der Waals surface area contributed by atoms with Crippen molar-refractivity contribution in [1.82, 2.24) is 20.1 Å². The molecule has 1 aliphatic carbocycles. The van der Waals surface area contributed by atoms with Crippen molar-refractivity contribution in [2.24, 2.45) is 40.7 Å². The molecular formula is C97H146N6O27S. The summed E-state index contributed by atoms with van der Waals surface area (Å²) in [5.41, 5.74) is 10.9. The molecule has 2 aromatic carbocycles. The molecule has 2 saturated heterocycles. The average Bonchev–Trinajstić information content (AvgIpc) is 1.01. The molecular weight excluding hydrogens is 1710 g/mol. The van der Waals surface area contributed by atoms with Crippen molar-refractivity contribution in [3.05, 3.63) is 119 Å². The molecule has 33 nitrogen and oxygen atoms in total. The first-order chi connectivity index (χ1) is 62.9. The van der Waals surface area contributed by atoms with Gasteiger partial charge < -0.3 is 112 Å². The number of amides is 3. The summed E-state index contributed by atoms with van der Waals surface area (Å²) in [6.07, 6.45) is 12.2. The predicted molar refractivity (Wildman–Crippen MR) is 490 cm³/mol. The number of rotatable bonds is 43. The van der Waals surface area contributed by atoms with E-state index in [4.69, 9.17) is 76.9 Å². The molecule has 7 N–H and O–H groups in total. The van der Waals surface area contributed by atoms with Gasteiger partial charge in [0.15, 0.2) is 16.4 Å². The Balaban J connectivity index is 0.675. The van der Waals surface area contributed by atoms with E-state index in [1.54, 1.807) is 71.2 Å². The number of aliphatic hydroxyl groups is 4. The zero-order chi connectivity index (χ0) is 94.8. The van der Waals surface area contributed by atoms with E-state index in [9.17, 15) is 57.6 Å². The van der Waals surface area contributed by atoms with Gasteiger partial charge in [0, 0.05) is 107 Å². The number of aliphatic hydroxyl groups excluding tert-OH is 3. The summed E-state index contributed by atoms with van der Waals surface area (Å²) in [5.74, 6) is -7.33. The minimum Gasteiger partial charge on any atom is -0.491 e. The molecule has 0 spiro atoms. The Kier molecular flexibility index (Phi) is 47.3. The van der Waals surface area contributed by atoms with E-state index in [2.05, 4.69) is 15.5 Å². The van der Waals surface area contributed by atoms with Gasteiger partial charge in [-0.05, 0) is 174 Å². The number of nitrogens with zero attached hydrogens (tertiary/aromatic N) is 4. The summed E-state index contributed by atoms with van der Waals surface area (Å²) in [6, 6.07) is 12.8. The third-order valence-corrected chi connectivity index (χ3v) is 26.7. The molecule has 4 aliphatic heterocycles. The minimum atomic E-state index is -3.72. The fourth-order valence-corrected chi connectivity index (χ4v) is 18.4. The summed E-state index contributed by atoms with van der Waals surface area (Å²) in [4.78, 5) is 96.2. The van der Waals surface area contributed by atoms with E-state index in [0.717, 1.165) is 22.3 Å². The third-order valence-electron chi connectivity index (χ3n) is 24.9. The van der Waals surface area contributed by atoms with Gasteiger partial charge >= 0.3 is 5.97 Å². The van der Waals surface area contributed by atoms with Crippen molar-refractivity contribution in [2.45, 2.75) is 224 Å². The fraction of sp³-hybridized carbons (Fsp3) is 0.670. The molecule has 5 aliphatic rings. The number of sulfone groups is 1. The van der Waals surface area contributed by atoms with Gasteiger partial charge in [-0.15, -0.1) is 0 Å². The molecule has 2 bridgehead atoms. The van der Waals surface area contributed by atoms with Gasteiger partial charge in [-0.25, -0.2) is 18.2 Å². The number of oxime groups is 1. The molecule has 131 heavy (non-hydrogen) atoms. The number of benzene rings is 2. The lowest BCUT2D eigenvalue weighted by Crippen LogP contribution is -2.61. The van der Waals surface area contributed by atoms with Crippen LogP contribution in [-0.4, -0.2) is 311 Å². The topological polar surface area (TPSA) is 426 Å². The number of nitrogens with one attached hydrogen (secondary N) is 1. The van der Waals surface area contributed by atoms with Crippen LogP contribution in [0.4, 0.5) is 5.82 Å². The molecule has 16 atom stereocenters. The number of carbonyl (C=O) groups is 6. The van der Waals surface area contributed by atoms with Crippen LogP contribution in [0.1, 0.15) is 166 Å². The number of Topliss-reactive ketones (excluding diaryl/α,β-unsaturated/α-hetero) is 2. The van der Waals surface area contributed by atoms with Crippen molar-refractivity contribution in [3.8, 4) is 16.9 Å². The van der Waals surface area contributed by atoms with Gasteiger partial charge in [-0.3, -0.25) is 24.0 Å². The molecule has 8 rings (SSSR count). The van der Waals surface area contributed by atoms with Crippen molar-refractivity contribution in [1.29, 1.82) is 0 Å². The number of hydrogen-bond donors (Lipinski definition) is 6. The lowest BCUT2D eigenvalue weighted by molar-refractivity contribution is -0.265. The van der Waals surface area contributed by atoms with Crippen molar-refractivity contribution >= 4 is 56.6 Å². The highest BCUT2D eigenvalue weighted by Crippen LogP contribution is 2.39. The SMILES string of the molecule is CO[C@H]1C[C@@H]2CC[C@@H](C)[C@@](O)(O2)C(=O)C(=O)N2CCCC[C@H]2C(=O)O[C@H]([C@H](C)C[C@@H]2CC[C@@H](O)[C@H](OC)C2)C[C@@H](O)[C@H](C)/C=C(\C)[C@@H](O)[C@@H](OC)C(=NOCC(=O)NCCOCCOCCOCCOCCOCCOCCOCCOCCC(=O)CCCS(=O)(=O)c2ccc(C(=O)N3CCOc4ccc(-c5ccc(N)nc5)cc4C3)c(C)c2)[C@H](C)C[C@H](C)/C=C/C=C/C=C/1C. The zero-order valence-electron chi connectivity index (χ0n) is 78.6. The lowest BCUT2D eigenvalue weighted by atomic mass is 9.78. The van der Waals surface area contributed by atoms with Crippen LogP contribution in [0.2, 0.25) is 0 Å². The third kappa shape index (κ3) is 35.4. The molecule has 0 radical (unpaired) electrons. The summed E-state index contributed by atoms with van der Waals surface area (Å²) in [5, 5.41) is 54.5. The number of nitrogen functional groups attached to an aromatic ring is 1. The monoisotopic (exact) mass is 1860 g/mol. The molecule has 1 saturated carbocycles. The van der Waals surface area contributed by atoms with Gasteiger partial charge in [0.05, 0.1) is 159 Å². The number of esters is 1. The standard InChI is InChI=1S/C97H146N6O27S/c1-65-18-13-12-14-19-66(2)85(116-9)60-78-26-22-72(8)97(113,130-78)93(109)95(111)103-34-16-15-21-81(103)96(112)129-86(69(5)56-73-23-29-82(105)87(58-73)117-10)61-83(106)68(4)55-71(7)91(108)92(118-11)90(70(6)54-65)101-128-64-89(107)99-33-37-120-40-42-122-44-46-124-48-50-126-52-51-125-49-47-123-45-43-121-41-39-119-36-32-77(104)20-17-53-131(114,115)79-27-28-80(67(3)57-79)94(110)102-35-38-127-84-30-24-74(59-76(84)63-102)75-25-31-88(98)100-62-75/h12-14,18-19,24-25,27-28,30-31,55,57,59,62,65,68-70,72-73,78,81-83,85-87,91-92,105-106,108,113H,15-17,20-23,26,29,32-54,56,58,60-61,63-64H2,1-11H3,(H2,98,100)(H,99,107)/b14-12+,18-13+,66-19+,71-55+,101-90?/t65-,68-,69-,70-,72-,73+,78+,81+,82-,83-,85+,86+,87-,91-,92+,97-/m1/s1. The maximum Gasteiger partial charge on any atom is 0.329 e. The highest BCUT2D eigenvalue weighted by Gasteiger charge is 2.53. The number of allylic oxidation sites excluding steroid dienone is 5. The van der Waals surface area contributed by atoms with Crippen LogP contribution in [0.3, 0.4) is 0 Å². The molecule has 0 unspecified atom stereocenters. The smallest absolute Gasteiger partial charge is 0.329 e. The van der Waals surface area contributed by atoms with Crippen molar-refractivity contribution < 1.29 is 129 Å². The van der Waals surface area contributed by atoms with E-state index in [1.807, 2.05) is 82.3 Å². The van der Waals surface area contributed by atoms with Crippen LogP contribution >= 0.6 is 0 Å². The number of nitrogens with two attached hydrogens (primary N) is 1. The highest BCUT2D eigenvalue weighted by atomic mass is 32.2. The molecule has 3 amide bonds. The fourth-order valence-electron chi connectivity index (χ4n) is 17.0. The van der Waals surface area contributed by atoms with Crippen LogP contribution < -0.4 is 15.8 Å². The Morgan fingerprint density at radius 3 is 1.98 bits per heavy atom. The summed E-state index contributed by atoms with van der Waals surface area (Å²) in [6.45, 7) is 20.7. The Morgan fingerprint density at radius 2 is 1.35 bits per heavy atom. The number of fused-ring (bicyclic) bond motifs is 4. The Hall–Kier alpha value is -7.85. The molecule has 732 valence electrons. The second-order valence-corrected chi connectivity index (χ2v) is 37.1. The second-order valence-electron chi connectivity index (χ2n) is 35.0. The maximum atomic E-state index is 14.7. The summed E-state index contributed by atoms with van der Waals surface area (Å²) >= 11 is 0. The van der Waals surface area contributed by atoms with Gasteiger partial charge in [0.1, 0.15) is 48.3 Å². The van der Waals surface area contributed by atoms with Gasteiger partial charge in [-0.1, -0.05) is 82.3 Å². The molecule has 34 heteroatoms. The van der Waals surface area contributed by atoms with Crippen molar-refractivity contribution in [2.75, 3.05) is 171 Å². The van der Waals surface area contributed by atoms with Crippen LogP contribution in [0.15, 0.2) is 112 Å². The zero-order valence-corrected chi connectivity index (χ0v) is 79.5. The highest BCUT2D eigenvalue weighted by molar-refractivity contribution is 7.91. The summed E-state index contributed by atoms with van der Waals surface area (Å²) in [7, 11) is 0.861. The van der Waals surface area contributed by atoms with Crippen molar-refractivity contribution in [3.63, 3.8) is 0 Å². The van der Waals surface area contributed by atoms with E-state index >= 15 is 0 Å². The average molecular weight is 1860 g/mol. The summed E-state index contributed by atoms with van der Waals surface area (Å²) < 4.78 is 108. The number of hydrogen-bond acceptors (Lipinski definition) is 30. The number of methoxy groups -OCH3 is 3. The van der Waals surface area contributed by atoms with E-state index in [0.29, 0.717) is 191 Å². The maximum absolute atomic E-state index is 14.7. The number of piperidine rings is 1. The molecule has 3 aromatic rings. The number of ketones is 2. The Morgan fingerprint density at radius 1 is 0.695 bits per heavy atom. The number of ether oxygens (including phenoxy) is 14. The predicted octanol–water partition coefficient (Wildman–Crippen LogP) is 9.23. The largest absolute Gasteiger partial charge is 0.491 e. The Labute approximate surface area is 773 Å². The number of carbonyl (C=O) groups excluding carboxylic acids is 6. The number of pyridine rings is 1. The van der Waals surface area contributed by atoms with E-state index in [-0.39, 0.29) is 130 Å². The van der Waals surface area contributed by atoms with Crippen LogP contribution in [0.5, 0.6) is 5.75 Å². The number of cyclic esters (lactones) is 1. The van der Waals surface area contributed by atoms with Crippen LogP contribution in [0, 0.1) is 42.4 Å². The number of aryl methyl sites for hydroxylation is 1. The first kappa shape index (κ1) is 108. The second kappa shape index (κ2) is 57.1. The Bertz CT molecular complexity index is 4300. The lowest BCUT2D eigenvalue weighted by Gasteiger charge is -2.43. The minimum absolute atomic E-state index is 0.0357. The quantitative estimate of drug-likeness (QED) is 0.0101.